The number of rotatable bonds is 12. The number of ether oxygens (including phenoxy) is 2. The van der Waals surface area contributed by atoms with Crippen LogP contribution in [-0.2, 0) is 35.3 Å². The van der Waals surface area contributed by atoms with Crippen LogP contribution in [-0.4, -0.2) is 60.2 Å². The summed E-state index contributed by atoms with van der Waals surface area (Å²) < 4.78 is 9.68. The van der Waals surface area contributed by atoms with Crippen molar-refractivity contribution in [1.82, 2.24) is 16.0 Å². The quantitative estimate of drug-likeness (QED) is 0.265. The predicted molar refractivity (Wildman–Crippen MR) is 112 cm³/mol. The van der Waals surface area contributed by atoms with Gasteiger partial charge in [0.1, 0.15) is 19.2 Å². The molecule has 0 fully saturated rings. The summed E-state index contributed by atoms with van der Waals surface area (Å²) in [7, 11) is 0. The van der Waals surface area contributed by atoms with E-state index in [-0.39, 0.29) is 13.2 Å². The van der Waals surface area contributed by atoms with Crippen LogP contribution in [0.1, 0.15) is 25.8 Å². The zero-order valence-corrected chi connectivity index (χ0v) is 17.8. The van der Waals surface area contributed by atoms with Crippen molar-refractivity contribution in [1.29, 1.82) is 0 Å². The molecule has 11 heteroatoms. The van der Waals surface area contributed by atoms with E-state index in [1.165, 1.54) is 13.0 Å². The first-order valence-electron chi connectivity index (χ1n) is 9.82. The number of carbonyl (C=O) groups is 5. The second-order valence-corrected chi connectivity index (χ2v) is 6.53. The molecular formula is C21H27N3O8. The molecule has 0 aliphatic rings. The molecule has 3 amide bonds. The summed E-state index contributed by atoms with van der Waals surface area (Å²) in [5.74, 6) is -3.20. The highest BCUT2D eigenvalue weighted by atomic mass is 16.5. The minimum absolute atomic E-state index is 0.0391. The Morgan fingerprint density at radius 1 is 1.06 bits per heavy atom. The van der Waals surface area contributed by atoms with Crippen molar-refractivity contribution in [3.8, 4) is 0 Å². The summed E-state index contributed by atoms with van der Waals surface area (Å²) >= 11 is 0. The van der Waals surface area contributed by atoms with E-state index in [1.807, 2.05) is 6.07 Å². The van der Waals surface area contributed by atoms with Gasteiger partial charge in [-0.25, -0.2) is 9.59 Å². The van der Waals surface area contributed by atoms with Crippen LogP contribution in [0.3, 0.4) is 0 Å². The van der Waals surface area contributed by atoms with Gasteiger partial charge in [-0.05, 0) is 19.4 Å². The maximum absolute atomic E-state index is 12.3. The fourth-order valence-electron chi connectivity index (χ4n) is 2.33. The molecule has 0 aromatic heterocycles. The van der Waals surface area contributed by atoms with Crippen LogP contribution in [0.5, 0.6) is 0 Å². The highest BCUT2D eigenvalue weighted by molar-refractivity contribution is 5.89. The Morgan fingerprint density at radius 3 is 2.38 bits per heavy atom. The van der Waals surface area contributed by atoms with Crippen LogP contribution in [0, 0.1) is 0 Å². The van der Waals surface area contributed by atoms with Crippen molar-refractivity contribution in [3.05, 3.63) is 48.0 Å². The Bertz CT molecular complexity index is 826. The van der Waals surface area contributed by atoms with Crippen molar-refractivity contribution < 1.29 is 38.6 Å². The summed E-state index contributed by atoms with van der Waals surface area (Å²) in [6.45, 7) is 2.76. The fourth-order valence-corrected chi connectivity index (χ4v) is 2.33. The number of carboxylic acids is 1. The molecule has 0 bridgehead atoms. The van der Waals surface area contributed by atoms with E-state index in [2.05, 4.69) is 16.0 Å². The van der Waals surface area contributed by atoms with Gasteiger partial charge in [-0.2, -0.15) is 0 Å². The lowest BCUT2D eigenvalue weighted by molar-refractivity contribution is -0.139. The van der Waals surface area contributed by atoms with Crippen molar-refractivity contribution >= 4 is 29.8 Å². The molecule has 0 radical (unpaired) electrons. The van der Waals surface area contributed by atoms with Gasteiger partial charge in [-0.3, -0.25) is 14.4 Å². The molecule has 0 spiro atoms. The lowest BCUT2D eigenvalue weighted by atomic mass is 10.1. The number of amides is 3. The van der Waals surface area contributed by atoms with Crippen molar-refractivity contribution in [3.63, 3.8) is 0 Å². The van der Waals surface area contributed by atoms with E-state index >= 15 is 0 Å². The number of esters is 1. The highest BCUT2D eigenvalue weighted by Crippen LogP contribution is 2.00. The molecule has 32 heavy (non-hydrogen) atoms. The summed E-state index contributed by atoms with van der Waals surface area (Å²) in [6, 6.07) is 6.95. The molecule has 0 aliphatic heterocycles. The van der Waals surface area contributed by atoms with Crippen LogP contribution < -0.4 is 16.0 Å². The molecule has 0 heterocycles. The number of carbonyl (C=O) groups excluding carboxylic acids is 4. The Hall–Kier alpha value is -3.89. The summed E-state index contributed by atoms with van der Waals surface area (Å²) in [6.07, 6.45) is 0.942. The predicted octanol–water partition coefficient (Wildman–Crippen LogP) is 0.496. The van der Waals surface area contributed by atoms with Gasteiger partial charge in [-0.15, -0.1) is 0 Å². The second-order valence-electron chi connectivity index (χ2n) is 6.53. The van der Waals surface area contributed by atoms with E-state index in [1.54, 1.807) is 31.2 Å². The van der Waals surface area contributed by atoms with Crippen LogP contribution in [0.25, 0.3) is 0 Å². The molecule has 0 saturated carbocycles. The van der Waals surface area contributed by atoms with Crippen LogP contribution in [0.15, 0.2) is 42.5 Å². The van der Waals surface area contributed by atoms with Gasteiger partial charge in [-0.1, -0.05) is 36.4 Å². The third-order valence-electron chi connectivity index (χ3n) is 3.85. The number of aliphatic carboxylic acids is 1. The van der Waals surface area contributed by atoms with Gasteiger partial charge < -0.3 is 30.5 Å². The largest absolute Gasteiger partial charge is 0.481 e. The monoisotopic (exact) mass is 449 g/mol. The third kappa shape index (κ3) is 11.3. The Kier molecular flexibility index (Phi) is 11.6. The third-order valence-corrected chi connectivity index (χ3v) is 3.85. The molecular weight excluding hydrogens is 422 g/mol. The maximum Gasteiger partial charge on any atom is 0.407 e. The van der Waals surface area contributed by atoms with Crippen molar-refractivity contribution in [2.24, 2.45) is 0 Å². The second kappa shape index (κ2) is 14.2. The number of benzene rings is 1. The molecule has 1 aromatic rings. The normalized spacial score (nSPS) is 12.3. The van der Waals surface area contributed by atoms with Crippen LogP contribution in [0.2, 0.25) is 0 Å². The molecule has 4 N–H and O–H groups in total. The number of alkyl carbamates (subject to hydrolysis) is 1. The Balaban J connectivity index is 2.45. The minimum Gasteiger partial charge on any atom is -0.481 e. The number of hydrogen-bond donors (Lipinski definition) is 4. The van der Waals surface area contributed by atoms with Gasteiger partial charge in [0.25, 0.3) is 0 Å². The van der Waals surface area contributed by atoms with Crippen molar-refractivity contribution in [2.45, 2.75) is 39.0 Å². The Labute approximate surface area is 185 Å². The summed E-state index contributed by atoms with van der Waals surface area (Å²) in [5.41, 5.74) is 0.783. The van der Waals surface area contributed by atoms with Crippen LogP contribution >= 0.6 is 0 Å². The maximum atomic E-state index is 12.3. The lowest BCUT2D eigenvalue weighted by Crippen LogP contribution is -2.50. The molecule has 0 aliphatic carbocycles. The first-order valence-corrected chi connectivity index (χ1v) is 9.82. The van der Waals surface area contributed by atoms with Crippen molar-refractivity contribution in [2.75, 3.05) is 13.2 Å². The first kappa shape index (κ1) is 26.1. The zero-order chi connectivity index (χ0) is 23.9. The van der Waals surface area contributed by atoms with Gasteiger partial charge in [0.05, 0.1) is 19.1 Å². The standard InChI is InChI=1S/C21H27N3O8/c1-3-31-19(28)10-9-16(11-18(26)27)24-20(29)14(2)23-17(25)12-22-21(30)32-13-15-7-5-4-6-8-15/h4-10,14,16H,3,11-13H2,1-2H3,(H,22,30)(H,23,25)(H,24,29)(H,26,27)/b10-9+/t14-,16+/m0/s1. The molecule has 174 valence electrons. The number of hydrogen-bond acceptors (Lipinski definition) is 7. The lowest BCUT2D eigenvalue weighted by Gasteiger charge is -2.18. The summed E-state index contributed by atoms with van der Waals surface area (Å²) in [4.78, 5) is 58.2. The highest BCUT2D eigenvalue weighted by Gasteiger charge is 2.20. The number of nitrogens with one attached hydrogen (secondary N) is 3. The molecule has 0 unspecified atom stereocenters. The molecule has 1 rings (SSSR count). The zero-order valence-electron chi connectivity index (χ0n) is 17.8. The van der Waals surface area contributed by atoms with Gasteiger partial charge >= 0.3 is 18.0 Å². The topological polar surface area (TPSA) is 160 Å². The Morgan fingerprint density at radius 2 is 1.75 bits per heavy atom. The average molecular weight is 449 g/mol. The summed E-state index contributed by atoms with van der Waals surface area (Å²) in [5, 5.41) is 16.0. The fraction of sp³-hybridized carbons (Fsp3) is 0.381. The van der Waals surface area contributed by atoms with Gasteiger partial charge in [0.2, 0.25) is 11.8 Å². The molecule has 0 saturated heterocycles. The van der Waals surface area contributed by atoms with E-state index in [0.717, 1.165) is 11.6 Å². The molecule has 2 atom stereocenters. The van der Waals surface area contributed by atoms with E-state index in [0.29, 0.717) is 0 Å². The van der Waals surface area contributed by atoms with Gasteiger partial charge in [0.15, 0.2) is 0 Å². The SMILES string of the molecule is CCOC(=O)/C=C/[C@H](CC(=O)O)NC(=O)[C@H](C)NC(=O)CNC(=O)OCc1ccccc1. The minimum atomic E-state index is -1.20. The van der Waals surface area contributed by atoms with Crippen LogP contribution in [0.4, 0.5) is 4.79 Å². The first-order chi connectivity index (χ1) is 15.2. The number of carboxylic acid groups (broad SMARTS) is 1. The molecule has 1 aromatic carbocycles. The molecule has 11 nitrogen and oxygen atoms in total. The average Bonchev–Trinajstić information content (AvgIpc) is 2.75. The van der Waals surface area contributed by atoms with E-state index < -0.39 is 54.9 Å². The van der Waals surface area contributed by atoms with Gasteiger partial charge in [0, 0.05) is 6.08 Å². The van der Waals surface area contributed by atoms with E-state index in [9.17, 15) is 24.0 Å². The smallest absolute Gasteiger partial charge is 0.407 e. The van der Waals surface area contributed by atoms with E-state index in [4.69, 9.17) is 14.6 Å².